The van der Waals surface area contributed by atoms with Crippen molar-refractivity contribution in [3.05, 3.63) is 47.9 Å². The molecule has 1 saturated heterocycles. The summed E-state index contributed by atoms with van der Waals surface area (Å²) < 4.78 is 10.5. The van der Waals surface area contributed by atoms with Crippen molar-refractivity contribution >= 4 is 17.6 Å². The first-order chi connectivity index (χ1) is 12.6. The van der Waals surface area contributed by atoms with Crippen molar-refractivity contribution in [3.63, 3.8) is 0 Å². The van der Waals surface area contributed by atoms with Gasteiger partial charge in [0.25, 0.3) is 5.91 Å². The summed E-state index contributed by atoms with van der Waals surface area (Å²) in [6.07, 6.45) is 1.91. The number of carboxylic acids is 1. The Morgan fingerprint density at radius 2 is 2.12 bits per heavy atom. The van der Waals surface area contributed by atoms with Crippen LogP contribution in [0.2, 0.25) is 0 Å². The molecule has 1 N–H and O–H groups in total. The molecule has 2 aliphatic heterocycles. The summed E-state index contributed by atoms with van der Waals surface area (Å²) in [7, 11) is 1.61. The third-order valence-corrected chi connectivity index (χ3v) is 5.26. The topological polar surface area (TPSA) is 83.2 Å². The van der Waals surface area contributed by atoms with E-state index in [9.17, 15) is 14.7 Å². The Kier molecular flexibility index (Phi) is 4.06. The van der Waals surface area contributed by atoms with Crippen molar-refractivity contribution in [1.82, 2.24) is 4.90 Å². The molecule has 26 heavy (non-hydrogen) atoms. The normalized spacial score (nSPS) is 21.7. The number of rotatable bonds is 3. The number of carboxylic acid groups (broad SMARTS) is 1. The second-order valence-corrected chi connectivity index (χ2v) is 6.63. The van der Waals surface area contributed by atoms with Crippen LogP contribution >= 0.6 is 0 Å². The van der Waals surface area contributed by atoms with E-state index in [2.05, 4.69) is 4.90 Å². The molecule has 1 amide bonds. The van der Waals surface area contributed by atoms with Crippen LogP contribution in [0.1, 0.15) is 16.1 Å². The Bertz CT molecular complexity index is 832. The van der Waals surface area contributed by atoms with Crippen LogP contribution < -0.4 is 9.64 Å². The largest absolute Gasteiger partial charge is 0.497 e. The molecule has 136 valence electrons. The zero-order valence-electron chi connectivity index (χ0n) is 14.4. The lowest BCUT2D eigenvalue weighted by Gasteiger charge is -2.48. The summed E-state index contributed by atoms with van der Waals surface area (Å²) in [4.78, 5) is 28.3. The molecule has 7 heteroatoms. The number of amides is 1. The fourth-order valence-electron chi connectivity index (χ4n) is 3.93. The van der Waals surface area contributed by atoms with Crippen molar-refractivity contribution in [2.24, 2.45) is 5.92 Å². The molecule has 0 bridgehead atoms. The highest BCUT2D eigenvalue weighted by atomic mass is 16.5. The van der Waals surface area contributed by atoms with Crippen LogP contribution in [0.25, 0.3) is 0 Å². The predicted octanol–water partition coefficient (Wildman–Crippen LogP) is 1.88. The van der Waals surface area contributed by atoms with Gasteiger partial charge in [-0.05, 0) is 30.2 Å². The Labute approximate surface area is 150 Å². The molecule has 2 unspecified atom stereocenters. The molecule has 2 aromatic rings. The fourth-order valence-corrected chi connectivity index (χ4v) is 3.93. The third kappa shape index (κ3) is 2.69. The monoisotopic (exact) mass is 356 g/mol. The quantitative estimate of drug-likeness (QED) is 0.904. The van der Waals surface area contributed by atoms with Crippen molar-refractivity contribution in [3.8, 4) is 5.75 Å². The van der Waals surface area contributed by atoms with Gasteiger partial charge in [0.05, 0.1) is 25.3 Å². The number of carbonyl (C=O) groups excluding carboxylic acids is 1. The minimum absolute atomic E-state index is 0.199. The maximum absolute atomic E-state index is 12.6. The van der Waals surface area contributed by atoms with E-state index in [4.69, 9.17) is 9.15 Å². The summed E-state index contributed by atoms with van der Waals surface area (Å²) in [5.41, 5.74) is 2.00. The average Bonchev–Trinajstić information content (AvgIpc) is 3.20. The highest BCUT2D eigenvalue weighted by molar-refractivity contribution is 5.91. The van der Waals surface area contributed by atoms with Gasteiger partial charge < -0.3 is 24.1 Å². The molecule has 0 aliphatic carbocycles. The van der Waals surface area contributed by atoms with E-state index in [-0.39, 0.29) is 17.7 Å². The van der Waals surface area contributed by atoms with E-state index in [0.29, 0.717) is 26.1 Å². The maximum atomic E-state index is 12.6. The number of nitrogens with zero attached hydrogens (tertiary/aromatic N) is 2. The van der Waals surface area contributed by atoms with Crippen LogP contribution in [0.4, 0.5) is 5.69 Å². The summed E-state index contributed by atoms with van der Waals surface area (Å²) >= 11 is 0. The molecule has 3 heterocycles. The van der Waals surface area contributed by atoms with E-state index in [1.807, 2.05) is 18.2 Å². The van der Waals surface area contributed by atoms with Crippen LogP contribution in [-0.4, -0.2) is 54.7 Å². The molecule has 2 atom stereocenters. The van der Waals surface area contributed by atoms with E-state index in [1.165, 1.54) is 6.26 Å². The SMILES string of the molecule is COc1ccc2c(c1)N1CCN(C(=O)c3ccco3)CC1C(C(=O)O)C2. The first kappa shape index (κ1) is 16.5. The Hall–Kier alpha value is -2.96. The van der Waals surface area contributed by atoms with Gasteiger partial charge >= 0.3 is 5.97 Å². The van der Waals surface area contributed by atoms with Crippen LogP contribution in [-0.2, 0) is 11.2 Å². The minimum Gasteiger partial charge on any atom is -0.497 e. The van der Waals surface area contributed by atoms with Gasteiger partial charge in [0.15, 0.2) is 5.76 Å². The summed E-state index contributed by atoms with van der Waals surface area (Å²) in [6, 6.07) is 8.76. The van der Waals surface area contributed by atoms with E-state index in [1.54, 1.807) is 24.1 Å². The summed E-state index contributed by atoms with van der Waals surface area (Å²) in [5, 5.41) is 9.74. The number of benzene rings is 1. The van der Waals surface area contributed by atoms with E-state index in [0.717, 1.165) is 17.0 Å². The van der Waals surface area contributed by atoms with Crippen LogP contribution in [0, 0.1) is 5.92 Å². The number of methoxy groups -OCH3 is 1. The van der Waals surface area contributed by atoms with Gasteiger partial charge in [0, 0.05) is 31.4 Å². The van der Waals surface area contributed by atoms with Gasteiger partial charge in [0.2, 0.25) is 0 Å². The highest BCUT2D eigenvalue weighted by Crippen LogP contribution is 2.38. The summed E-state index contributed by atoms with van der Waals surface area (Å²) in [5.74, 6) is -0.583. The van der Waals surface area contributed by atoms with Crippen LogP contribution in [0.5, 0.6) is 5.75 Å². The van der Waals surface area contributed by atoms with Gasteiger partial charge in [-0.25, -0.2) is 0 Å². The number of furan rings is 1. The smallest absolute Gasteiger partial charge is 0.309 e. The molecule has 0 saturated carbocycles. The van der Waals surface area contributed by atoms with Gasteiger partial charge in [0.1, 0.15) is 5.75 Å². The van der Waals surface area contributed by atoms with Gasteiger partial charge in [-0.1, -0.05) is 6.07 Å². The predicted molar refractivity (Wildman–Crippen MR) is 93.6 cm³/mol. The average molecular weight is 356 g/mol. The number of ether oxygens (including phenoxy) is 1. The molecule has 7 nitrogen and oxygen atoms in total. The first-order valence-electron chi connectivity index (χ1n) is 8.57. The fraction of sp³-hybridized carbons (Fsp3) is 0.368. The van der Waals surface area contributed by atoms with Crippen molar-refractivity contribution in [1.29, 1.82) is 0 Å². The molecule has 1 aromatic heterocycles. The molecule has 1 fully saturated rings. The highest BCUT2D eigenvalue weighted by Gasteiger charge is 2.43. The second kappa shape index (κ2) is 6.40. The summed E-state index contributed by atoms with van der Waals surface area (Å²) in [6.45, 7) is 1.44. The second-order valence-electron chi connectivity index (χ2n) is 6.63. The van der Waals surface area contributed by atoms with Crippen molar-refractivity contribution in [2.45, 2.75) is 12.5 Å². The Morgan fingerprint density at radius 3 is 2.81 bits per heavy atom. The number of hydrogen-bond donors (Lipinski definition) is 1. The van der Waals surface area contributed by atoms with Gasteiger partial charge in [-0.15, -0.1) is 0 Å². The molecular formula is C19H20N2O5. The standard InChI is InChI=1S/C19H20N2O5/c1-25-13-5-4-12-9-14(19(23)24)16-11-20(6-7-21(16)15(12)10-13)18(22)17-3-2-8-26-17/h2-5,8,10,14,16H,6-7,9,11H2,1H3,(H,23,24). The molecule has 1 aromatic carbocycles. The number of carbonyl (C=O) groups is 2. The number of piperazine rings is 1. The molecule has 0 radical (unpaired) electrons. The lowest BCUT2D eigenvalue weighted by atomic mass is 9.84. The van der Waals surface area contributed by atoms with Crippen molar-refractivity contribution < 1.29 is 23.8 Å². The first-order valence-corrected chi connectivity index (χ1v) is 8.57. The van der Waals surface area contributed by atoms with Gasteiger partial charge in [-0.3, -0.25) is 9.59 Å². The van der Waals surface area contributed by atoms with Crippen LogP contribution in [0.15, 0.2) is 41.0 Å². The zero-order valence-corrected chi connectivity index (χ0v) is 14.4. The molecular weight excluding hydrogens is 336 g/mol. The number of fused-ring (bicyclic) bond motifs is 3. The Balaban J connectivity index is 1.65. The molecule has 0 spiro atoms. The lowest BCUT2D eigenvalue weighted by Crippen LogP contribution is -2.60. The number of aliphatic carboxylic acids is 1. The molecule has 2 aliphatic rings. The number of hydrogen-bond acceptors (Lipinski definition) is 5. The molecule has 4 rings (SSSR count). The van der Waals surface area contributed by atoms with Crippen molar-refractivity contribution in [2.75, 3.05) is 31.6 Å². The Morgan fingerprint density at radius 1 is 1.27 bits per heavy atom. The lowest BCUT2D eigenvalue weighted by molar-refractivity contribution is -0.143. The number of anilines is 1. The van der Waals surface area contributed by atoms with E-state index >= 15 is 0 Å². The van der Waals surface area contributed by atoms with Gasteiger partial charge in [-0.2, -0.15) is 0 Å². The van der Waals surface area contributed by atoms with E-state index < -0.39 is 11.9 Å². The third-order valence-electron chi connectivity index (χ3n) is 5.26. The maximum Gasteiger partial charge on any atom is 0.309 e. The minimum atomic E-state index is -0.839. The zero-order chi connectivity index (χ0) is 18.3. The van der Waals surface area contributed by atoms with Crippen LogP contribution in [0.3, 0.4) is 0 Å².